The fraction of sp³-hybridized carbons (Fsp3) is 0.333. The van der Waals surface area contributed by atoms with Gasteiger partial charge >= 0.3 is 0 Å². The predicted octanol–water partition coefficient (Wildman–Crippen LogP) is 4.48. The highest BCUT2D eigenvalue weighted by Gasteiger charge is 2.15. The average Bonchev–Trinajstić information content (AvgIpc) is 2.84. The Labute approximate surface area is 145 Å². The van der Waals surface area contributed by atoms with E-state index in [1.54, 1.807) is 18.5 Å². The fourth-order valence-electron chi connectivity index (χ4n) is 2.90. The van der Waals surface area contributed by atoms with Gasteiger partial charge in [-0.3, -0.25) is 9.78 Å². The molecular formula is C18H20BrN3O. The molecule has 1 aromatic carbocycles. The summed E-state index contributed by atoms with van der Waals surface area (Å²) in [7, 11) is 0. The molecule has 23 heavy (non-hydrogen) atoms. The van der Waals surface area contributed by atoms with Crippen LogP contribution in [0.3, 0.4) is 0 Å². The number of pyridine rings is 1. The van der Waals surface area contributed by atoms with Crippen molar-refractivity contribution in [1.82, 2.24) is 4.98 Å². The first-order valence-corrected chi connectivity index (χ1v) is 8.79. The Morgan fingerprint density at radius 3 is 2.57 bits per heavy atom. The van der Waals surface area contributed by atoms with E-state index in [0.29, 0.717) is 5.56 Å². The Kier molecular flexibility index (Phi) is 5.28. The minimum atomic E-state index is -0.138. The summed E-state index contributed by atoms with van der Waals surface area (Å²) in [6, 6.07) is 9.80. The fourth-order valence-corrected chi connectivity index (χ4v) is 3.26. The normalized spacial score (nSPS) is 15.1. The number of hydrogen-bond donors (Lipinski definition) is 1. The van der Waals surface area contributed by atoms with Gasteiger partial charge in [0.15, 0.2) is 0 Å². The van der Waals surface area contributed by atoms with Crippen molar-refractivity contribution < 1.29 is 4.79 Å². The second-order valence-electron chi connectivity index (χ2n) is 5.76. The summed E-state index contributed by atoms with van der Waals surface area (Å²) in [5.74, 6) is -0.138. The van der Waals surface area contributed by atoms with Crippen LogP contribution in [0.4, 0.5) is 11.4 Å². The number of nitrogens with one attached hydrogen (secondary N) is 1. The van der Waals surface area contributed by atoms with Crippen molar-refractivity contribution in [2.75, 3.05) is 23.3 Å². The minimum Gasteiger partial charge on any atom is -0.370 e. The molecular weight excluding hydrogens is 354 g/mol. The van der Waals surface area contributed by atoms with Crippen molar-refractivity contribution in [3.63, 3.8) is 0 Å². The first kappa shape index (κ1) is 16.0. The molecule has 0 atom stereocenters. The maximum Gasteiger partial charge on any atom is 0.257 e. The van der Waals surface area contributed by atoms with Gasteiger partial charge in [0.2, 0.25) is 0 Å². The molecule has 1 fully saturated rings. The summed E-state index contributed by atoms with van der Waals surface area (Å²) in [6.45, 7) is 2.09. The molecule has 120 valence electrons. The van der Waals surface area contributed by atoms with Crippen molar-refractivity contribution in [2.45, 2.75) is 25.7 Å². The molecule has 1 aromatic heterocycles. The first-order chi connectivity index (χ1) is 11.2. The van der Waals surface area contributed by atoms with Gasteiger partial charge in [-0.1, -0.05) is 25.0 Å². The van der Waals surface area contributed by atoms with E-state index >= 15 is 0 Å². The van der Waals surface area contributed by atoms with E-state index in [2.05, 4.69) is 37.2 Å². The lowest BCUT2D eigenvalue weighted by Gasteiger charge is -2.25. The molecule has 2 aromatic rings. The zero-order valence-corrected chi connectivity index (χ0v) is 14.6. The van der Waals surface area contributed by atoms with Gasteiger partial charge in [-0.25, -0.2) is 0 Å². The third kappa shape index (κ3) is 4.10. The number of rotatable bonds is 3. The van der Waals surface area contributed by atoms with Gasteiger partial charge in [-0.05, 0) is 47.0 Å². The first-order valence-electron chi connectivity index (χ1n) is 8.00. The number of para-hydroxylation sites is 2. The quantitative estimate of drug-likeness (QED) is 0.862. The number of halogens is 1. The molecule has 3 rings (SSSR count). The highest BCUT2D eigenvalue weighted by molar-refractivity contribution is 9.10. The summed E-state index contributed by atoms with van der Waals surface area (Å²) in [5.41, 5.74) is 2.51. The number of hydrogen-bond acceptors (Lipinski definition) is 3. The SMILES string of the molecule is O=C(Nc1ccccc1N1CCCCCC1)c1cncc(Br)c1. The smallest absolute Gasteiger partial charge is 0.257 e. The Balaban J connectivity index is 1.81. The molecule has 0 aliphatic carbocycles. The Bertz CT molecular complexity index is 681. The summed E-state index contributed by atoms with van der Waals surface area (Å²) >= 11 is 3.35. The summed E-state index contributed by atoms with van der Waals surface area (Å²) in [6.07, 6.45) is 8.23. The van der Waals surface area contributed by atoms with Crippen LogP contribution in [-0.2, 0) is 0 Å². The molecule has 2 heterocycles. The van der Waals surface area contributed by atoms with E-state index in [1.807, 2.05) is 18.2 Å². The molecule has 0 unspecified atom stereocenters. The standard InChI is InChI=1S/C18H20BrN3O/c19-15-11-14(12-20-13-15)18(23)21-16-7-3-4-8-17(16)22-9-5-1-2-6-10-22/h3-4,7-8,11-13H,1-2,5-6,9-10H2,(H,21,23). The Morgan fingerprint density at radius 2 is 1.83 bits per heavy atom. The lowest BCUT2D eigenvalue weighted by Crippen LogP contribution is -2.25. The van der Waals surface area contributed by atoms with Crippen molar-refractivity contribution in [3.05, 3.63) is 52.8 Å². The zero-order valence-electron chi connectivity index (χ0n) is 13.0. The summed E-state index contributed by atoms with van der Waals surface area (Å²) in [4.78, 5) is 18.9. The molecule has 4 nitrogen and oxygen atoms in total. The van der Waals surface area contributed by atoms with Crippen LogP contribution < -0.4 is 10.2 Å². The third-order valence-electron chi connectivity index (χ3n) is 4.07. The number of anilines is 2. The maximum absolute atomic E-state index is 12.5. The van der Waals surface area contributed by atoms with Gasteiger partial charge in [0.1, 0.15) is 0 Å². The van der Waals surface area contributed by atoms with Crippen LogP contribution in [0.5, 0.6) is 0 Å². The summed E-state index contributed by atoms with van der Waals surface area (Å²) < 4.78 is 0.797. The largest absolute Gasteiger partial charge is 0.370 e. The van der Waals surface area contributed by atoms with Gasteiger partial charge in [0.25, 0.3) is 5.91 Å². The van der Waals surface area contributed by atoms with Crippen LogP contribution in [0.2, 0.25) is 0 Å². The van der Waals surface area contributed by atoms with Crippen LogP contribution in [0.1, 0.15) is 36.0 Å². The third-order valence-corrected chi connectivity index (χ3v) is 4.50. The molecule has 5 heteroatoms. The number of carbonyl (C=O) groups is 1. The highest BCUT2D eigenvalue weighted by Crippen LogP contribution is 2.28. The van der Waals surface area contributed by atoms with Gasteiger partial charge in [-0.2, -0.15) is 0 Å². The van der Waals surface area contributed by atoms with Crippen LogP contribution in [0.25, 0.3) is 0 Å². The molecule has 1 amide bonds. The second kappa shape index (κ2) is 7.59. The van der Waals surface area contributed by atoms with E-state index in [4.69, 9.17) is 0 Å². The van der Waals surface area contributed by atoms with Gasteiger partial charge < -0.3 is 10.2 Å². The number of nitrogens with zero attached hydrogens (tertiary/aromatic N) is 2. The molecule has 0 radical (unpaired) electrons. The van der Waals surface area contributed by atoms with Crippen molar-refractivity contribution >= 4 is 33.2 Å². The van der Waals surface area contributed by atoms with Crippen LogP contribution in [-0.4, -0.2) is 24.0 Å². The topological polar surface area (TPSA) is 45.2 Å². The number of benzene rings is 1. The molecule has 0 bridgehead atoms. The second-order valence-corrected chi connectivity index (χ2v) is 6.68. The van der Waals surface area contributed by atoms with Crippen LogP contribution >= 0.6 is 15.9 Å². The highest BCUT2D eigenvalue weighted by atomic mass is 79.9. The summed E-state index contributed by atoms with van der Waals surface area (Å²) in [5, 5.41) is 3.03. The maximum atomic E-state index is 12.5. The van der Waals surface area contributed by atoms with Gasteiger partial charge in [0, 0.05) is 30.0 Å². The molecule has 1 N–H and O–H groups in total. The van der Waals surface area contributed by atoms with Crippen LogP contribution in [0.15, 0.2) is 47.2 Å². The number of amides is 1. The molecule has 1 aliphatic heterocycles. The van der Waals surface area contributed by atoms with E-state index in [1.165, 1.54) is 25.7 Å². The average molecular weight is 374 g/mol. The Hall–Kier alpha value is -1.88. The van der Waals surface area contributed by atoms with E-state index in [9.17, 15) is 4.79 Å². The number of aromatic nitrogens is 1. The van der Waals surface area contributed by atoms with Crippen molar-refractivity contribution in [2.24, 2.45) is 0 Å². The zero-order chi connectivity index (χ0) is 16.1. The van der Waals surface area contributed by atoms with Gasteiger partial charge in [0.05, 0.1) is 16.9 Å². The van der Waals surface area contributed by atoms with Gasteiger partial charge in [-0.15, -0.1) is 0 Å². The van der Waals surface area contributed by atoms with Crippen molar-refractivity contribution in [1.29, 1.82) is 0 Å². The molecule has 0 saturated carbocycles. The molecule has 1 saturated heterocycles. The van der Waals surface area contributed by atoms with E-state index < -0.39 is 0 Å². The van der Waals surface area contributed by atoms with E-state index in [-0.39, 0.29) is 5.91 Å². The lowest BCUT2D eigenvalue weighted by molar-refractivity contribution is 0.102. The predicted molar refractivity (Wildman–Crippen MR) is 97.0 cm³/mol. The molecule has 1 aliphatic rings. The van der Waals surface area contributed by atoms with E-state index in [0.717, 1.165) is 28.9 Å². The molecule has 0 spiro atoms. The Morgan fingerprint density at radius 1 is 1.09 bits per heavy atom. The minimum absolute atomic E-state index is 0.138. The number of carbonyl (C=O) groups excluding carboxylic acids is 1. The lowest BCUT2D eigenvalue weighted by atomic mass is 10.2. The van der Waals surface area contributed by atoms with Crippen molar-refractivity contribution in [3.8, 4) is 0 Å². The van der Waals surface area contributed by atoms with Crippen LogP contribution in [0, 0.1) is 0 Å². The monoisotopic (exact) mass is 373 g/mol.